The van der Waals surface area contributed by atoms with Crippen LogP contribution in [0.3, 0.4) is 0 Å². The molecule has 0 bridgehead atoms. The molecule has 3 amide bonds. The van der Waals surface area contributed by atoms with E-state index in [9.17, 15) is 14.4 Å². The molecule has 3 aliphatic rings. The minimum absolute atomic E-state index is 0.0217. The first-order valence-corrected chi connectivity index (χ1v) is 11.4. The second kappa shape index (κ2) is 8.86. The second-order valence-electron chi connectivity index (χ2n) is 8.77. The van der Waals surface area contributed by atoms with Gasteiger partial charge in [0.2, 0.25) is 17.7 Å². The lowest BCUT2D eigenvalue weighted by atomic mass is 10.1. The number of carbonyl (C=O) groups excluding carboxylic acids is 3. The van der Waals surface area contributed by atoms with Crippen LogP contribution in [0.4, 0.5) is 22.7 Å². The number of nitrogens with one attached hydrogen (secondary N) is 1. The highest BCUT2D eigenvalue weighted by Crippen LogP contribution is 2.34. The molecule has 0 spiro atoms. The van der Waals surface area contributed by atoms with E-state index in [0.29, 0.717) is 13.1 Å². The van der Waals surface area contributed by atoms with Crippen molar-refractivity contribution in [3.63, 3.8) is 0 Å². The normalized spacial score (nSPS) is 20.2. The van der Waals surface area contributed by atoms with Crippen LogP contribution in [0.25, 0.3) is 0 Å². The average Bonchev–Trinajstić information content (AvgIpc) is 3.43. The quantitative estimate of drug-likeness (QED) is 0.777. The number of anilines is 4. The standard InChI is InChI=1S/C25H28N4O4/c1-17(30)28-9-8-18-14-22(6-7-23(18)28)29-16-19(15-24(29)31)25(32)26-20-2-4-21(5-3-20)27-10-12-33-13-11-27/h2-7,14,19H,8-13,15-16H2,1H3,(H,26,32)/t19-/m1/s1. The maximum absolute atomic E-state index is 12.9. The molecule has 0 aromatic heterocycles. The minimum Gasteiger partial charge on any atom is -0.378 e. The Morgan fingerprint density at radius 3 is 2.45 bits per heavy atom. The van der Waals surface area contributed by atoms with Gasteiger partial charge >= 0.3 is 0 Å². The number of carbonyl (C=O) groups is 3. The highest BCUT2D eigenvalue weighted by Gasteiger charge is 2.36. The van der Waals surface area contributed by atoms with Crippen LogP contribution in [-0.4, -0.2) is 57.1 Å². The van der Waals surface area contributed by atoms with Gasteiger partial charge in [0.05, 0.1) is 19.1 Å². The Labute approximate surface area is 193 Å². The first-order chi connectivity index (χ1) is 16.0. The third-order valence-corrected chi connectivity index (χ3v) is 6.66. The zero-order chi connectivity index (χ0) is 22.9. The van der Waals surface area contributed by atoms with Gasteiger partial charge in [-0.25, -0.2) is 0 Å². The van der Waals surface area contributed by atoms with E-state index in [0.717, 1.165) is 61.0 Å². The van der Waals surface area contributed by atoms with Gasteiger partial charge in [-0.15, -0.1) is 0 Å². The van der Waals surface area contributed by atoms with Crippen molar-refractivity contribution in [3.8, 4) is 0 Å². The van der Waals surface area contributed by atoms with E-state index in [1.165, 1.54) is 0 Å². The lowest BCUT2D eigenvalue weighted by Gasteiger charge is -2.28. The van der Waals surface area contributed by atoms with E-state index in [1.807, 2.05) is 42.5 Å². The van der Waals surface area contributed by atoms with Crippen LogP contribution in [0.5, 0.6) is 0 Å². The summed E-state index contributed by atoms with van der Waals surface area (Å²) in [5, 5.41) is 2.96. The van der Waals surface area contributed by atoms with Crippen LogP contribution in [0, 0.1) is 5.92 Å². The Morgan fingerprint density at radius 2 is 1.73 bits per heavy atom. The van der Waals surface area contributed by atoms with Crippen molar-refractivity contribution in [1.82, 2.24) is 0 Å². The van der Waals surface area contributed by atoms with Crippen molar-refractivity contribution >= 4 is 40.5 Å². The van der Waals surface area contributed by atoms with Gasteiger partial charge in [0.25, 0.3) is 0 Å². The number of benzene rings is 2. The van der Waals surface area contributed by atoms with Crippen molar-refractivity contribution in [2.45, 2.75) is 19.8 Å². The Hall–Kier alpha value is -3.39. The smallest absolute Gasteiger partial charge is 0.229 e. The van der Waals surface area contributed by atoms with Crippen molar-refractivity contribution in [2.24, 2.45) is 5.92 Å². The lowest BCUT2D eigenvalue weighted by Crippen LogP contribution is -2.36. The van der Waals surface area contributed by atoms with Crippen molar-refractivity contribution in [3.05, 3.63) is 48.0 Å². The molecule has 0 aliphatic carbocycles. The summed E-state index contributed by atoms with van der Waals surface area (Å²) < 4.78 is 5.39. The van der Waals surface area contributed by atoms with E-state index in [-0.39, 0.29) is 24.1 Å². The van der Waals surface area contributed by atoms with E-state index in [1.54, 1.807) is 16.7 Å². The molecular formula is C25H28N4O4. The summed E-state index contributed by atoms with van der Waals surface area (Å²) in [6.45, 7) is 5.76. The molecule has 8 heteroatoms. The zero-order valence-corrected chi connectivity index (χ0v) is 18.8. The molecule has 0 saturated carbocycles. The van der Waals surface area contributed by atoms with Crippen molar-refractivity contribution in [1.29, 1.82) is 0 Å². The number of hydrogen-bond donors (Lipinski definition) is 1. The molecule has 3 aliphatic heterocycles. The molecule has 172 valence electrons. The molecule has 5 rings (SSSR count). The van der Waals surface area contributed by atoms with Gasteiger partial charge in [-0.1, -0.05) is 0 Å². The Bertz CT molecular complexity index is 1080. The Kier molecular flexibility index (Phi) is 5.76. The van der Waals surface area contributed by atoms with E-state index < -0.39 is 5.92 Å². The van der Waals surface area contributed by atoms with Crippen LogP contribution >= 0.6 is 0 Å². The maximum Gasteiger partial charge on any atom is 0.229 e. The van der Waals surface area contributed by atoms with Crippen LogP contribution in [0.2, 0.25) is 0 Å². The molecule has 33 heavy (non-hydrogen) atoms. The summed E-state index contributed by atoms with van der Waals surface area (Å²) in [6.07, 6.45) is 0.962. The third-order valence-electron chi connectivity index (χ3n) is 6.66. The first kappa shape index (κ1) is 21.5. The molecule has 2 fully saturated rings. The van der Waals surface area contributed by atoms with Gasteiger partial charge in [-0.2, -0.15) is 0 Å². The summed E-state index contributed by atoms with van der Waals surface area (Å²) in [6, 6.07) is 13.5. The maximum atomic E-state index is 12.9. The summed E-state index contributed by atoms with van der Waals surface area (Å²) in [7, 11) is 0. The molecule has 2 saturated heterocycles. The van der Waals surface area contributed by atoms with Crippen molar-refractivity contribution in [2.75, 3.05) is 59.4 Å². The third kappa shape index (κ3) is 4.30. The Balaban J connectivity index is 1.22. The van der Waals surface area contributed by atoms with Gasteiger partial charge in [-0.05, 0) is 54.4 Å². The molecule has 3 heterocycles. The predicted octanol–water partition coefficient (Wildman–Crippen LogP) is 2.42. The number of nitrogens with zero attached hydrogens (tertiary/aromatic N) is 3. The molecular weight excluding hydrogens is 420 g/mol. The minimum atomic E-state index is -0.404. The van der Waals surface area contributed by atoms with E-state index >= 15 is 0 Å². The summed E-state index contributed by atoms with van der Waals surface area (Å²) in [4.78, 5) is 43.0. The number of rotatable bonds is 4. The van der Waals surface area contributed by atoms with Crippen LogP contribution < -0.4 is 20.0 Å². The van der Waals surface area contributed by atoms with Crippen molar-refractivity contribution < 1.29 is 19.1 Å². The van der Waals surface area contributed by atoms with Crippen LogP contribution in [-0.2, 0) is 25.5 Å². The SMILES string of the molecule is CC(=O)N1CCc2cc(N3C[C@H](C(=O)Nc4ccc(N5CCOCC5)cc4)CC3=O)ccc21. The largest absolute Gasteiger partial charge is 0.378 e. The molecule has 0 unspecified atom stereocenters. The Morgan fingerprint density at radius 1 is 1.00 bits per heavy atom. The molecule has 0 radical (unpaired) electrons. The zero-order valence-electron chi connectivity index (χ0n) is 18.8. The summed E-state index contributed by atoms with van der Waals surface area (Å²) in [5.74, 6) is -0.583. The fourth-order valence-corrected chi connectivity index (χ4v) is 4.84. The molecule has 8 nitrogen and oxygen atoms in total. The number of ether oxygens (including phenoxy) is 1. The van der Waals surface area contributed by atoms with Gasteiger partial charge in [0.1, 0.15) is 0 Å². The van der Waals surface area contributed by atoms with Crippen LogP contribution in [0.1, 0.15) is 18.9 Å². The predicted molar refractivity (Wildman–Crippen MR) is 127 cm³/mol. The molecule has 1 N–H and O–H groups in total. The average molecular weight is 449 g/mol. The summed E-state index contributed by atoms with van der Waals surface area (Å²) in [5.41, 5.74) is 4.59. The van der Waals surface area contributed by atoms with E-state index in [2.05, 4.69) is 10.2 Å². The second-order valence-corrected chi connectivity index (χ2v) is 8.77. The topological polar surface area (TPSA) is 82.2 Å². The molecule has 1 atom stereocenters. The van der Waals surface area contributed by atoms with Gasteiger partial charge in [-0.3, -0.25) is 14.4 Å². The molecule has 2 aromatic carbocycles. The highest BCUT2D eigenvalue weighted by atomic mass is 16.5. The van der Waals surface area contributed by atoms with Gasteiger partial charge < -0.3 is 24.8 Å². The highest BCUT2D eigenvalue weighted by molar-refractivity contribution is 6.04. The van der Waals surface area contributed by atoms with Gasteiger partial charge in [0, 0.05) is 62.3 Å². The fraction of sp³-hybridized carbons (Fsp3) is 0.400. The number of fused-ring (bicyclic) bond motifs is 1. The number of hydrogen-bond acceptors (Lipinski definition) is 5. The van der Waals surface area contributed by atoms with E-state index in [4.69, 9.17) is 4.74 Å². The number of amides is 3. The monoisotopic (exact) mass is 448 g/mol. The van der Waals surface area contributed by atoms with Crippen LogP contribution in [0.15, 0.2) is 42.5 Å². The molecule has 2 aromatic rings. The first-order valence-electron chi connectivity index (χ1n) is 11.4. The lowest BCUT2D eigenvalue weighted by molar-refractivity contribution is -0.122. The fourth-order valence-electron chi connectivity index (χ4n) is 4.84. The van der Waals surface area contributed by atoms with Gasteiger partial charge in [0.15, 0.2) is 0 Å². The number of morpholine rings is 1. The summed E-state index contributed by atoms with van der Waals surface area (Å²) >= 11 is 0.